The summed E-state index contributed by atoms with van der Waals surface area (Å²) in [6.45, 7) is 3.01. The van der Waals surface area contributed by atoms with E-state index in [1.807, 2.05) is 48.5 Å². The molecule has 0 fully saturated rings. The molecule has 0 radical (unpaired) electrons. The molecule has 1 heterocycles. The number of rotatable bonds is 8. The SMILES string of the molecule is CCOC(=O)c1nnn(Cc2ccc(OC)cc2)c1NCc1ccc(Br)cc1. The van der Waals surface area contributed by atoms with Crippen LogP contribution < -0.4 is 10.1 Å². The molecule has 3 aromatic rings. The van der Waals surface area contributed by atoms with Crippen LogP contribution in [0, 0.1) is 0 Å². The van der Waals surface area contributed by atoms with E-state index < -0.39 is 5.97 Å². The largest absolute Gasteiger partial charge is 0.497 e. The lowest BCUT2D eigenvalue weighted by molar-refractivity contribution is 0.0520. The Labute approximate surface area is 171 Å². The number of benzene rings is 2. The fourth-order valence-corrected chi connectivity index (χ4v) is 2.89. The van der Waals surface area contributed by atoms with Gasteiger partial charge in [-0.15, -0.1) is 5.10 Å². The first-order chi connectivity index (χ1) is 13.6. The summed E-state index contributed by atoms with van der Waals surface area (Å²) >= 11 is 3.43. The summed E-state index contributed by atoms with van der Waals surface area (Å²) in [7, 11) is 1.63. The standard InChI is InChI=1S/C20H21BrN4O3/c1-3-28-20(26)18-19(22-12-14-4-8-16(21)9-5-14)25(24-23-18)13-15-6-10-17(27-2)11-7-15/h4-11,22H,3,12-13H2,1-2H3. The number of hydrogen-bond donors (Lipinski definition) is 1. The fraction of sp³-hybridized carbons (Fsp3) is 0.250. The highest BCUT2D eigenvalue weighted by molar-refractivity contribution is 9.10. The number of methoxy groups -OCH3 is 1. The van der Waals surface area contributed by atoms with Crippen LogP contribution in [-0.4, -0.2) is 34.7 Å². The van der Waals surface area contributed by atoms with E-state index in [4.69, 9.17) is 9.47 Å². The molecular weight excluding hydrogens is 424 g/mol. The summed E-state index contributed by atoms with van der Waals surface area (Å²) in [5.41, 5.74) is 2.25. The smallest absolute Gasteiger partial charge is 0.362 e. The van der Waals surface area contributed by atoms with E-state index in [0.29, 0.717) is 18.9 Å². The van der Waals surface area contributed by atoms with Crippen molar-refractivity contribution in [3.8, 4) is 5.75 Å². The lowest BCUT2D eigenvalue weighted by atomic mass is 10.2. The van der Waals surface area contributed by atoms with E-state index in [1.54, 1.807) is 18.7 Å². The molecule has 1 N–H and O–H groups in total. The fourth-order valence-electron chi connectivity index (χ4n) is 2.63. The third-order valence-corrected chi connectivity index (χ3v) is 4.60. The first-order valence-corrected chi connectivity index (χ1v) is 9.62. The Morgan fingerprint density at radius 2 is 1.79 bits per heavy atom. The molecule has 0 bridgehead atoms. The number of carbonyl (C=O) groups excluding carboxylic acids is 1. The van der Waals surface area contributed by atoms with Gasteiger partial charge >= 0.3 is 5.97 Å². The van der Waals surface area contributed by atoms with Gasteiger partial charge in [-0.1, -0.05) is 45.4 Å². The molecule has 3 rings (SSSR count). The van der Waals surface area contributed by atoms with Crippen LogP contribution in [0.25, 0.3) is 0 Å². The zero-order valence-corrected chi connectivity index (χ0v) is 17.3. The molecule has 2 aromatic carbocycles. The minimum absolute atomic E-state index is 0.174. The van der Waals surface area contributed by atoms with E-state index in [2.05, 4.69) is 31.6 Å². The molecule has 0 aliphatic carbocycles. The zero-order valence-electron chi connectivity index (χ0n) is 15.7. The third-order valence-electron chi connectivity index (χ3n) is 4.07. The summed E-state index contributed by atoms with van der Waals surface area (Å²) in [6, 6.07) is 15.6. The Balaban J connectivity index is 1.83. The average molecular weight is 445 g/mol. The van der Waals surface area contributed by atoms with E-state index in [9.17, 15) is 4.79 Å². The maximum atomic E-state index is 12.3. The average Bonchev–Trinajstić information content (AvgIpc) is 3.11. The summed E-state index contributed by atoms with van der Waals surface area (Å²) in [5, 5.41) is 11.5. The van der Waals surface area contributed by atoms with Crippen molar-refractivity contribution in [3.05, 3.63) is 69.8 Å². The maximum Gasteiger partial charge on any atom is 0.362 e. The van der Waals surface area contributed by atoms with Gasteiger partial charge in [-0.05, 0) is 42.3 Å². The molecule has 0 amide bonds. The number of nitrogens with one attached hydrogen (secondary N) is 1. The van der Waals surface area contributed by atoms with Crippen LogP contribution in [-0.2, 0) is 17.8 Å². The minimum Gasteiger partial charge on any atom is -0.497 e. The predicted molar refractivity (Wildman–Crippen MR) is 110 cm³/mol. The lowest BCUT2D eigenvalue weighted by Crippen LogP contribution is -2.13. The molecule has 8 heteroatoms. The third kappa shape index (κ3) is 4.89. The van der Waals surface area contributed by atoms with Crippen LogP contribution in [0.3, 0.4) is 0 Å². The van der Waals surface area contributed by atoms with E-state index >= 15 is 0 Å². The highest BCUT2D eigenvalue weighted by Gasteiger charge is 2.21. The van der Waals surface area contributed by atoms with Crippen molar-refractivity contribution in [2.45, 2.75) is 20.0 Å². The second-order valence-corrected chi connectivity index (χ2v) is 6.91. The number of anilines is 1. The quantitative estimate of drug-likeness (QED) is 0.531. The Morgan fingerprint density at radius 3 is 2.43 bits per heavy atom. The van der Waals surface area contributed by atoms with Gasteiger partial charge in [0, 0.05) is 11.0 Å². The van der Waals surface area contributed by atoms with Crippen LogP contribution in [0.5, 0.6) is 5.75 Å². The lowest BCUT2D eigenvalue weighted by Gasteiger charge is -2.11. The van der Waals surface area contributed by atoms with Crippen molar-refractivity contribution in [1.29, 1.82) is 0 Å². The van der Waals surface area contributed by atoms with Crippen LogP contribution in [0.4, 0.5) is 5.82 Å². The molecule has 0 aliphatic rings. The summed E-state index contributed by atoms with van der Waals surface area (Å²) in [4.78, 5) is 12.3. The van der Waals surface area contributed by atoms with Gasteiger partial charge < -0.3 is 14.8 Å². The molecule has 0 atom stereocenters. The topological polar surface area (TPSA) is 78.3 Å². The second-order valence-electron chi connectivity index (χ2n) is 5.99. The van der Waals surface area contributed by atoms with Crippen LogP contribution in [0.2, 0.25) is 0 Å². The number of hydrogen-bond acceptors (Lipinski definition) is 6. The van der Waals surface area contributed by atoms with Gasteiger partial charge in [-0.25, -0.2) is 9.48 Å². The molecular formula is C20H21BrN4O3. The van der Waals surface area contributed by atoms with Crippen LogP contribution in [0.1, 0.15) is 28.5 Å². The van der Waals surface area contributed by atoms with Gasteiger partial charge in [0.05, 0.1) is 20.3 Å². The van der Waals surface area contributed by atoms with Crippen LogP contribution in [0.15, 0.2) is 53.0 Å². The van der Waals surface area contributed by atoms with Gasteiger partial charge in [0.2, 0.25) is 5.69 Å². The number of aromatic nitrogens is 3. The summed E-state index contributed by atoms with van der Waals surface area (Å²) < 4.78 is 13.0. The van der Waals surface area contributed by atoms with Gasteiger partial charge in [0.1, 0.15) is 5.75 Å². The monoisotopic (exact) mass is 444 g/mol. The molecule has 1 aromatic heterocycles. The molecule has 28 heavy (non-hydrogen) atoms. The first-order valence-electron chi connectivity index (χ1n) is 8.82. The summed E-state index contributed by atoms with van der Waals surface area (Å²) in [6.07, 6.45) is 0. The van der Waals surface area contributed by atoms with Crippen molar-refractivity contribution in [2.75, 3.05) is 19.0 Å². The predicted octanol–water partition coefficient (Wildman–Crippen LogP) is 3.89. The molecule has 0 saturated carbocycles. The zero-order chi connectivity index (χ0) is 19.9. The number of nitrogens with zero attached hydrogens (tertiary/aromatic N) is 3. The first kappa shape index (κ1) is 19.9. The van der Waals surface area contributed by atoms with Crippen molar-refractivity contribution in [3.63, 3.8) is 0 Å². The normalized spacial score (nSPS) is 10.5. The van der Waals surface area contributed by atoms with Gasteiger partial charge in [0.15, 0.2) is 5.82 Å². The molecule has 0 unspecified atom stereocenters. The number of ether oxygens (including phenoxy) is 2. The number of esters is 1. The Bertz CT molecular complexity index is 924. The Hall–Kier alpha value is -2.87. The van der Waals surface area contributed by atoms with Gasteiger partial charge in [0.25, 0.3) is 0 Å². The van der Waals surface area contributed by atoms with E-state index in [-0.39, 0.29) is 12.3 Å². The van der Waals surface area contributed by atoms with Crippen LogP contribution >= 0.6 is 15.9 Å². The minimum atomic E-state index is -0.498. The Morgan fingerprint density at radius 1 is 1.11 bits per heavy atom. The van der Waals surface area contributed by atoms with E-state index in [0.717, 1.165) is 21.3 Å². The number of halogens is 1. The van der Waals surface area contributed by atoms with Crippen molar-refractivity contribution in [1.82, 2.24) is 15.0 Å². The Kier molecular flexibility index (Phi) is 6.65. The van der Waals surface area contributed by atoms with Gasteiger partial charge in [-0.3, -0.25) is 0 Å². The van der Waals surface area contributed by atoms with E-state index in [1.165, 1.54) is 0 Å². The van der Waals surface area contributed by atoms with Crippen molar-refractivity contribution < 1.29 is 14.3 Å². The molecule has 0 spiro atoms. The molecule has 7 nitrogen and oxygen atoms in total. The maximum absolute atomic E-state index is 12.3. The highest BCUT2D eigenvalue weighted by Crippen LogP contribution is 2.19. The van der Waals surface area contributed by atoms with Crippen molar-refractivity contribution >= 4 is 27.7 Å². The van der Waals surface area contributed by atoms with Gasteiger partial charge in [-0.2, -0.15) is 0 Å². The molecule has 146 valence electrons. The number of carbonyl (C=O) groups is 1. The molecule has 0 aliphatic heterocycles. The second kappa shape index (κ2) is 9.36. The van der Waals surface area contributed by atoms with Crippen molar-refractivity contribution in [2.24, 2.45) is 0 Å². The molecule has 0 saturated heterocycles. The highest BCUT2D eigenvalue weighted by atomic mass is 79.9. The summed E-state index contributed by atoms with van der Waals surface area (Å²) in [5.74, 6) is 0.808.